The first-order valence-electron chi connectivity index (χ1n) is 6.39. The first-order valence-corrected chi connectivity index (χ1v) is 6.39. The summed E-state index contributed by atoms with van der Waals surface area (Å²) in [7, 11) is 0. The molecule has 0 unspecified atom stereocenters. The van der Waals surface area contributed by atoms with Crippen LogP contribution < -0.4 is 5.56 Å². The summed E-state index contributed by atoms with van der Waals surface area (Å²) in [6.45, 7) is 2.07. The Morgan fingerprint density at radius 1 is 1.22 bits per heavy atom. The number of benzene rings is 1. The predicted octanol–water partition coefficient (Wildman–Crippen LogP) is 2.16. The number of fused-ring (bicyclic) bond motifs is 1. The van der Waals surface area contributed by atoms with E-state index in [9.17, 15) is 4.79 Å². The standard InChI is InChI=1S/C15H16N2O/c1-10-5-7-11(8-6-10)9-14-16-13-4-2-3-12(13)15(18)17-14/h5-8H,2-4,9H2,1H3,(H,16,17,18). The Morgan fingerprint density at radius 3 is 2.78 bits per heavy atom. The van der Waals surface area contributed by atoms with E-state index in [1.165, 1.54) is 11.1 Å². The summed E-state index contributed by atoms with van der Waals surface area (Å²) in [5.41, 5.74) is 4.37. The summed E-state index contributed by atoms with van der Waals surface area (Å²) < 4.78 is 0. The van der Waals surface area contributed by atoms with E-state index in [4.69, 9.17) is 0 Å². The molecular formula is C15H16N2O. The normalized spacial score (nSPS) is 13.6. The molecule has 0 fully saturated rings. The van der Waals surface area contributed by atoms with Gasteiger partial charge < -0.3 is 4.98 Å². The van der Waals surface area contributed by atoms with Gasteiger partial charge in [-0.05, 0) is 31.7 Å². The summed E-state index contributed by atoms with van der Waals surface area (Å²) >= 11 is 0. The maximum absolute atomic E-state index is 11.9. The van der Waals surface area contributed by atoms with E-state index in [0.717, 1.165) is 36.3 Å². The number of rotatable bonds is 2. The number of aromatic nitrogens is 2. The number of hydrogen-bond acceptors (Lipinski definition) is 2. The molecule has 0 amide bonds. The van der Waals surface area contributed by atoms with E-state index in [-0.39, 0.29) is 5.56 Å². The smallest absolute Gasteiger partial charge is 0.254 e. The molecule has 0 radical (unpaired) electrons. The minimum atomic E-state index is 0.0552. The monoisotopic (exact) mass is 240 g/mol. The second-order valence-electron chi connectivity index (χ2n) is 4.95. The van der Waals surface area contributed by atoms with Gasteiger partial charge in [-0.15, -0.1) is 0 Å². The minimum Gasteiger partial charge on any atom is -0.310 e. The molecule has 1 heterocycles. The quantitative estimate of drug-likeness (QED) is 0.874. The number of H-pyrrole nitrogens is 1. The Balaban J connectivity index is 1.92. The Morgan fingerprint density at radius 2 is 2.00 bits per heavy atom. The van der Waals surface area contributed by atoms with Crippen molar-refractivity contribution < 1.29 is 0 Å². The molecule has 1 N–H and O–H groups in total. The summed E-state index contributed by atoms with van der Waals surface area (Å²) in [6, 6.07) is 8.34. The van der Waals surface area contributed by atoms with Crippen LogP contribution in [-0.4, -0.2) is 9.97 Å². The lowest BCUT2D eigenvalue weighted by Gasteiger charge is -2.04. The van der Waals surface area contributed by atoms with Crippen molar-refractivity contribution in [3.05, 3.63) is 62.8 Å². The third-order valence-corrected chi connectivity index (χ3v) is 3.48. The SMILES string of the molecule is Cc1ccc(Cc2nc3c(c(=O)[nH]2)CCC3)cc1. The van der Waals surface area contributed by atoms with Gasteiger partial charge in [-0.3, -0.25) is 4.79 Å². The Hall–Kier alpha value is -1.90. The van der Waals surface area contributed by atoms with Crippen molar-refractivity contribution in [3.8, 4) is 0 Å². The highest BCUT2D eigenvalue weighted by atomic mass is 16.1. The molecule has 0 atom stereocenters. The number of nitrogens with zero attached hydrogens (tertiary/aromatic N) is 1. The van der Waals surface area contributed by atoms with Crippen molar-refractivity contribution in [2.24, 2.45) is 0 Å². The maximum atomic E-state index is 11.9. The van der Waals surface area contributed by atoms with Gasteiger partial charge >= 0.3 is 0 Å². The number of nitrogens with one attached hydrogen (secondary N) is 1. The lowest BCUT2D eigenvalue weighted by atomic mass is 10.1. The molecule has 92 valence electrons. The van der Waals surface area contributed by atoms with Crippen molar-refractivity contribution >= 4 is 0 Å². The maximum Gasteiger partial charge on any atom is 0.254 e. The molecule has 3 nitrogen and oxygen atoms in total. The van der Waals surface area contributed by atoms with Crippen LogP contribution in [0.2, 0.25) is 0 Å². The molecule has 0 spiro atoms. The van der Waals surface area contributed by atoms with Crippen LogP contribution in [0, 0.1) is 6.92 Å². The van der Waals surface area contributed by atoms with Gasteiger partial charge in [0.15, 0.2) is 0 Å². The number of hydrogen-bond donors (Lipinski definition) is 1. The van der Waals surface area contributed by atoms with E-state index >= 15 is 0 Å². The fourth-order valence-electron chi connectivity index (χ4n) is 2.48. The van der Waals surface area contributed by atoms with E-state index < -0.39 is 0 Å². The third kappa shape index (κ3) is 2.08. The second-order valence-corrected chi connectivity index (χ2v) is 4.95. The summed E-state index contributed by atoms with van der Waals surface area (Å²) in [4.78, 5) is 19.4. The molecule has 0 bridgehead atoms. The first-order chi connectivity index (χ1) is 8.72. The molecular weight excluding hydrogens is 224 g/mol. The van der Waals surface area contributed by atoms with Crippen LogP contribution in [0.4, 0.5) is 0 Å². The van der Waals surface area contributed by atoms with Crippen molar-refractivity contribution in [1.29, 1.82) is 0 Å². The lowest BCUT2D eigenvalue weighted by Crippen LogP contribution is -2.17. The third-order valence-electron chi connectivity index (χ3n) is 3.48. The molecule has 3 heteroatoms. The molecule has 18 heavy (non-hydrogen) atoms. The zero-order chi connectivity index (χ0) is 12.5. The molecule has 1 aromatic heterocycles. The number of aryl methyl sites for hydroxylation is 2. The fourth-order valence-corrected chi connectivity index (χ4v) is 2.48. The zero-order valence-corrected chi connectivity index (χ0v) is 10.5. The van der Waals surface area contributed by atoms with Crippen LogP contribution in [0.5, 0.6) is 0 Å². The van der Waals surface area contributed by atoms with Gasteiger partial charge in [0.2, 0.25) is 0 Å². The molecule has 1 aliphatic rings. The van der Waals surface area contributed by atoms with Crippen LogP contribution in [0.25, 0.3) is 0 Å². The Labute approximate surface area is 106 Å². The van der Waals surface area contributed by atoms with Crippen LogP contribution in [0.3, 0.4) is 0 Å². The fraction of sp³-hybridized carbons (Fsp3) is 0.333. The molecule has 2 aromatic rings. The molecule has 0 saturated heterocycles. The van der Waals surface area contributed by atoms with Gasteiger partial charge in [-0.2, -0.15) is 0 Å². The van der Waals surface area contributed by atoms with Crippen molar-refractivity contribution in [2.75, 3.05) is 0 Å². The van der Waals surface area contributed by atoms with Gasteiger partial charge in [0.25, 0.3) is 5.56 Å². The summed E-state index contributed by atoms with van der Waals surface area (Å²) in [5, 5.41) is 0. The van der Waals surface area contributed by atoms with Crippen LogP contribution in [0.15, 0.2) is 29.1 Å². The topological polar surface area (TPSA) is 45.8 Å². The molecule has 1 aromatic carbocycles. The number of aromatic amines is 1. The highest BCUT2D eigenvalue weighted by Crippen LogP contribution is 2.16. The van der Waals surface area contributed by atoms with E-state index in [1.54, 1.807) is 0 Å². The Bertz CT molecular complexity index is 626. The molecule has 0 saturated carbocycles. The lowest BCUT2D eigenvalue weighted by molar-refractivity contribution is 0.883. The van der Waals surface area contributed by atoms with Crippen LogP contribution in [-0.2, 0) is 19.3 Å². The Kier molecular flexibility index (Phi) is 2.74. The van der Waals surface area contributed by atoms with Crippen molar-refractivity contribution in [3.63, 3.8) is 0 Å². The molecule has 0 aliphatic heterocycles. The summed E-state index contributed by atoms with van der Waals surface area (Å²) in [6.07, 6.45) is 3.57. The van der Waals surface area contributed by atoms with Gasteiger partial charge in [-0.1, -0.05) is 29.8 Å². The average Bonchev–Trinajstić information content (AvgIpc) is 2.81. The van der Waals surface area contributed by atoms with E-state index in [0.29, 0.717) is 6.42 Å². The zero-order valence-electron chi connectivity index (χ0n) is 10.5. The van der Waals surface area contributed by atoms with Gasteiger partial charge in [0.1, 0.15) is 5.82 Å². The van der Waals surface area contributed by atoms with Crippen LogP contribution in [0.1, 0.15) is 34.6 Å². The largest absolute Gasteiger partial charge is 0.310 e. The first kappa shape index (κ1) is 11.2. The van der Waals surface area contributed by atoms with Gasteiger partial charge in [0.05, 0.1) is 5.69 Å². The minimum absolute atomic E-state index is 0.0552. The van der Waals surface area contributed by atoms with Crippen molar-refractivity contribution in [1.82, 2.24) is 9.97 Å². The molecule has 1 aliphatic carbocycles. The summed E-state index contributed by atoms with van der Waals surface area (Å²) in [5.74, 6) is 0.782. The van der Waals surface area contributed by atoms with Crippen molar-refractivity contribution in [2.45, 2.75) is 32.6 Å². The van der Waals surface area contributed by atoms with Gasteiger partial charge in [-0.25, -0.2) is 4.98 Å². The molecule has 3 rings (SSSR count). The highest BCUT2D eigenvalue weighted by Gasteiger charge is 2.16. The van der Waals surface area contributed by atoms with E-state index in [2.05, 4.69) is 41.2 Å². The highest BCUT2D eigenvalue weighted by molar-refractivity contribution is 5.27. The predicted molar refractivity (Wildman–Crippen MR) is 70.9 cm³/mol. The van der Waals surface area contributed by atoms with Crippen LogP contribution >= 0.6 is 0 Å². The average molecular weight is 240 g/mol. The van der Waals surface area contributed by atoms with Gasteiger partial charge in [0, 0.05) is 12.0 Å². The van der Waals surface area contributed by atoms with E-state index in [1.807, 2.05) is 0 Å². The second kappa shape index (κ2) is 4.41.